The molecule has 0 bridgehead atoms. The first kappa shape index (κ1) is 23.4. The van der Waals surface area contributed by atoms with Gasteiger partial charge >= 0.3 is 12.1 Å². The van der Waals surface area contributed by atoms with Gasteiger partial charge in [-0.15, -0.1) is 0 Å². The number of nitrogens with zero attached hydrogens (tertiary/aromatic N) is 1. The molecular weight excluding hydrogens is 444 g/mol. The molecule has 2 aliphatic carbocycles. The molecule has 1 aliphatic heterocycles. The summed E-state index contributed by atoms with van der Waals surface area (Å²) in [6.07, 6.45) is 3.02. The topological polar surface area (TPSA) is 95.9 Å². The number of amides is 2. The van der Waals surface area contributed by atoms with Crippen LogP contribution in [-0.2, 0) is 14.3 Å². The summed E-state index contributed by atoms with van der Waals surface area (Å²) in [6.45, 7) is 2.66. The number of nitrogens with one attached hydrogen (secondary N) is 1. The van der Waals surface area contributed by atoms with Crippen molar-refractivity contribution in [3.63, 3.8) is 0 Å². The summed E-state index contributed by atoms with van der Waals surface area (Å²) in [5.41, 5.74) is 3.92. The van der Waals surface area contributed by atoms with E-state index in [0.717, 1.165) is 19.3 Å². The second-order valence-electron chi connectivity index (χ2n) is 10.2. The van der Waals surface area contributed by atoms with Gasteiger partial charge in [-0.05, 0) is 47.4 Å². The standard InChI is InChI=1S/C28H32N2O5/c1-2-28(26(32)33)16-30(17-28)25(31)14-18-8-7-13-24(18)29-27(34)35-15-23-21-11-5-3-9-19(21)20-10-4-6-12-22(20)23/h3-6,9-12,18,23-24H,2,7-8,13-17H2,1H3,(H,29,34)(H,32,33). The number of alkyl carbamates (subject to hydrolysis) is 1. The van der Waals surface area contributed by atoms with Crippen LogP contribution < -0.4 is 5.32 Å². The number of carbonyl (C=O) groups is 3. The number of likely N-dealkylation sites (tertiary alicyclic amines) is 1. The number of hydrogen-bond acceptors (Lipinski definition) is 4. The monoisotopic (exact) mass is 476 g/mol. The maximum absolute atomic E-state index is 12.8. The van der Waals surface area contributed by atoms with E-state index >= 15 is 0 Å². The molecule has 1 heterocycles. The molecule has 0 aromatic heterocycles. The first-order chi connectivity index (χ1) is 16.9. The first-order valence-corrected chi connectivity index (χ1v) is 12.5. The fraction of sp³-hybridized carbons (Fsp3) is 0.464. The highest BCUT2D eigenvalue weighted by Gasteiger charge is 2.50. The van der Waals surface area contributed by atoms with Gasteiger partial charge in [0.2, 0.25) is 5.91 Å². The number of ether oxygens (including phenoxy) is 1. The maximum Gasteiger partial charge on any atom is 0.407 e. The molecule has 1 saturated heterocycles. The molecule has 184 valence electrons. The van der Waals surface area contributed by atoms with E-state index in [2.05, 4.69) is 29.6 Å². The van der Waals surface area contributed by atoms with E-state index in [1.807, 2.05) is 31.2 Å². The quantitative estimate of drug-likeness (QED) is 0.617. The molecule has 2 aromatic carbocycles. The lowest BCUT2D eigenvalue weighted by molar-refractivity contribution is -0.166. The van der Waals surface area contributed by atoms with E-state index in [9.17, 15) is 19.5 Å². The Hall–Kier alpha value is -3.35. The van der Waals surface area contributed by atoms with Crippen molar-refractivity contribution < 1.29 is 24.2 Å². The Bertz CT molecular complexity index is 1090. The zero-order valence-electron chi connectivity index (χ0n) is 20.0. The van der Waals surface area contributed by atoms with Crippen LogP contribution in [0, 0.1) is 11.3 Å². The minimum Gasteiger partial charge on any atom is -0.481 e. The fourth-order valence-electron chi connectivity index (χ4n) is 5.99. The summed E-state index contributed by atoms with van der Waals surface area (Å²) < 4.78 is 5.69. The molecule has 2 atom stereocenters. The Labute approximate surface area is 205 Å². The third-order valence-corrected chi connectivity index (χ3v) is 8.21. The van der Waals surface area contributed by atoms with E-state index < -0.39 is 17.5 Å². The molecule has 1 saturated carbocycles. The van der Waals surface area contributed by atoms with Crippen molar-refractivity contribution in [2.24, 2.45) is 11.3 Å². The van der Waals surface area contributed by atoms with Crippen LogP contribution in [0.3, 0.4) is 0 Å². The number of carbonyl (C=O) groups excluding carboxylic acids is 2. The highest BCUT2D eigenvalue weighted by molar-refractivity contribution is 5.83. The van der Waals surface area contributed by atoms with Crippen LogP contribution in [-0.4, -0.2) is 53.7 Å². The van der Waals surface area contributed by atoms with Gasteiger partial charge in [0.05, 0.1) is 0 Å². The third kappa shape index (κ3) is 4.28. The molecule has 0 radical (unpaired) electrons. The SMILES string of the molecule is CCC1(C(=O)O)CN(C(=O)CC2CCCC2NC(=O)OCC2c3ccccc3-c3ccccc32)C1. The van der Waals surface area contributed by atoms with Crippen molar-refractivity contribution in [3.8, 4) is 11.1 Å². The molecule has 3 aliphatic rings. The van der Waals surface area contributed by atoms with E-state index in [1.54, 1.807) is 4.90 Å². The summed E-state index contributed by atoms with van der Waals surface area (Å²) >= 11 is 0. The molecule has 2 amide bonds. The molecule has 2 unspecified atom stereocenters. The molecule has 7 nitrogen and oxygen atoms in total. The van der Waals surface area contributed by atoms with Gasteiger partial charge in [0.25, 0.3) is 0 Å². The molecule has 5 rings (SSSR count). The van der Waals surface area contributed by atoms with Crippen molar-refractivity contribution in [3.05, 3.63) is 59.7 Å². The van der Waals surface area contributed by atoms with Crippen LogP contribution in [0.1, 0.15) is 56.1 Å². The molecule has 0 spiro atoms. The molecule has 2 aromatic rings. The molecule has 35 heavy (non-hydrogen) atoms. The lowest BCUT2D eigenvalue weighted by atomic mass is 9.77. The highest BCUT2D eigenvalue weighted by Crippen LogP contribution is 2.44. The largest absolute Gasteiger partial charge is 0.481 e. The van der Waals surface area contributed by atoms with Crippen molar-refractivity contribution in [1.82, 2.24) is 10.2 Å². The number of aliphatic carboxylic acids is 1. The second kappa shape index (κ2) is 9.36. The van der Waals surface area contributed by atoms with E-state index in [-0.39, 0.29) is 43.5 Å². The van der Waals surface area contributed by atoms with Crippen molar-refractivity contribution >= 4 is 18.0 Å². The Morgan fingerprint density at radius 3 is 2.26 bits per heavy atom. The number of rotatable bonds is 7. The smallest absolute Gasteiger partial charge is 0.407 e. The number of carboxylic acid groups (broad SMARTS) is 1. The first-order valence-electron chi connectivity index (χ1n) is 12.5. The summed E-state index contributed by atoms with van der Waals surface area (Å²) in [4.78, 5) is 38.6. The van der Waals surface area contributed by atoms with E-state index in [4.69, 9.17) is 4.74 Å². The van der Waals surface area contributed by atoms with Crippen LogP contribution in [0.2, 0.25) is 0 Å². The average molecular weight is 477 g/mol. The van der Waals surface area contributed by atoms with Crippen LogP contribution in [0.4, 0.5) is 4.79 Å². The summed E-state index contributed by atoms with van der Waals surface area (Å²) in [7, 11) is 0. The normalized spacial score (nSPS) is 22.1. The zero-order valence-corrected chi connectivity index (χ0v) is 20.0. The average Bonchev–Trinajstić information content (AvgIpc) is 3.39. The van der Waals surface area contributed by atoms with Crippen LogP contribution in [0.5, 0.6) is 0 Å². The van der Waals surface area contributed by atoms with Crippen molar-refractivity contribution in [2.75, 3.05) is 19.7 Å². The number of benzene rings is 2. The second-order valence-corrected chi connectivity index (χ2v) is 10.2. The number of fused-ring (bicyclic) bond motifs is 3. The van der Waals surface area contributed by atoms with Gasteiger partial charge in [-0.1, -0.05) is 61.9 Å². The minimum absolute atomic E-state index is 0.00795. The van der Waals surface area contributed by atoms with Gasteiger partial charge in [0, 0.05) is 31.5 Å². The number of hydrogen-bond donors (Lipinski definition) is 2. The molecule has 7 heteroatoms. The highest BCUT2D eigenvalue weighted by atomic mass is 16.5. The Balaban J connectivity index is 1.15. The van der Waals surface area contributed by atoms with Gasteiger partial charge in [0.1, 0.15) is 12.0 Å². The van der Waals surface area contributed by atoms with Gasteiger partial charge in [0.15, 0.2) is 0 Å². The Kier molecular flexibility index (Phi) is 6.26. The van der Waals surface area contributed by atoms with Crippen LogP contribution >= 0.6 is 0 Å². The fourth-order valence-corrected chi connectivity index (χ4v) is 5.99. The summed E-state index contributed by atoms with van der Waals surface area (Å²) in [5.74, 6) is -0.806. The predicted molar refractivity (Wildman–Crippen MR) is 131 cm³/mol. The predicted octanol–water partition coefficient (Wildman–Crippen LogP) is 4.41. The summed E-state index contributed by atoms with van der Waals surface area (Å²) in [5, 5.41) is 12.4. The third-order valence-electron chi connectivity index (χ3n) is 8.21. The molecular formula is C28H32N2O5. The van der Waals surface area contributed by atoms with Crippen molar-refractivity contribution in [2.45, 2.75) is 51.0 Å². The minimum atomic E-state index is -0.834. The van der Waals surface area contributed by atoms with Crippen molar-refractivity contribution in [1.29, 1.82) is 0 Å². The molecule has 2 fully saturated rings. The number of carboxylic acids is 1. The van der Waals surface area contributed by atoms with Gasteiger partial charge in [-0.25, -0.2) is 4.79 Å². The van der Waals surface area contributed by atoms with E-state index in [0.29, 0.717) is 12.8 Å². The summed E-state index contributed by atoms with van der Waals surface area (Å²) in [6, 6.07) is 16.4. The Morgan fingerprint density at radius 1 is 1.03 bits per heavy atom. The van der Waals surface area contributed by atoms with Gasteiger partial charge < -0.3 is 20.1 Å². The zero-order chi connectivity index (χ0) is 24.6. The van der Waals surface area contributed by atoms with E-state index in [1.165, 1.54) is 22.3 Å². The molecule has 2 N–H and O–H groups in total. The Morgan fingerprint density at radius 2 is 1.66 bits per heavy atom. The lowest BCUT2D eigenvalue weighted by Gasteiger charge is -2.47. The lowest BCUT2D eigenvalue weighted by Crippen LogP contribution is -2.62. The van der Waals surface area contributed by atoms with Gasteiger partial charge in [-0.2, -0.15) is 0 Å². The van der Waals surface area contributed by atoms with Crippen LogP contribution in [0.15, 0.2) is 48.5 Å². The maximum atomic E-state index is 12.8. The van der Waals surface area contributed by atoms with Crippen LogP contribution in [0.25, 0.3) is 11.1 Å². The van der Waals surface area contributed by atoms with Gasteiger partial charge in [-0.3, -0.25) is 9.59 Å².